The minimum Gasteiger partial charge on any atom is -0.360 e. The zero-order valence-electron chi connectivity index (χ0n) is 12.7. The Hall–Kier alpha value is -0.540. The number of nitrogens with zero attached hydrogens (tertiary/aromatic N) is 1. The van der Waals surface area contributed by atoms with Gasteiger partial charge in [0.1, 0.15) is 0 Å². The van der Waals surface area contributed by atoms with Crippen molar-refractivity contribution in [1.82, 2.24) is 5.32 Å². The Morgan fingerprint density at radius 2 is 1.84 bits per heavy atom. The fourth-order valence-electron chi connectivity index (χ4n) is 3.32. The molecule has 1 fully saturated rings. The number of hydrogen-bond donors (Lipinski definition) is 1. The first-order chi connectivity index (χ1) is 8.74. The van der Waals surface area contributed by atoms with Crippen LogP contribution in [-0.4, -0.2) is 24.2 Å². The number of aryl methyl sites for hydroxylation is 1. The van der Waals surface area contributed by atoms with Gasteiger partial charge in [-0.25, -0.2) is 0 Å². The summed E-state index contributed by atoms with van der Waals surface area (Å²) in [5.74, 6) is 0. The first kappa shape index (κ1) is 14.9. The van der Waals surface area contributed by atoms with E-state index in [-0.39, 0.29) is 11.1 Å². The van der Waals surface area contributed by atoms with Crippen LogP contribution in [0.3, 0.4) is 0 Å². The van der Waals surface area contributed by atoms with E-state index in [0.29, 0.717) is 0 Å². The molecule has 1 aliphatic rings. The molecule has 1 saturated heterocycles. The molecule has 0 atom stereocenters. The molecule has 19 heavy (non-hydrogen) atoms. The van der Waals surface area contributed by atoms with Crippen molar-refractivity contribution in [3.63, 3.8) is 0 Å². The van der Waals surface area contributed by atoms with Crippen molar-refractivity contribution in [2.24, 2.45) is 0 Å². The van der Waals surface area contributed by atoms with E-state index < -0.39 is 0 Å². The highest BCUT2D eigenvalue weighted by Gasteiger charge is 2.39. The van der Waals surface area contributed by atoms with E-state index in [4.69, 9.17) is 0 Å². The molecule has 0 bridgehead atoms. The summed E-state index contributed by atoms with van der Waals surface area (Å²) in [4.78, 5) is 2.60. The summed E-state index contributed by atoms with van der Waals surface area (Å²) in [6.45, 7) is 13.7. The highest BCUT2D eigenvalue weighted by molar-refractivity contribution is 9.10. The second-order valence-corrected chi connectivity index (χ2v) is 7.73. The van der Waals surface area contributed by atoms with Crippen LogP contribution in [0.25, 0.3) is 0 Å². The molecule has 0 amide bonds. The van der Waals surface area contributed by atoms with Crippen LogP contribution < -0.4 is 10.2 Å². The highest BCUT2D eigenvalue weighted by atomic mass is 79.9. The predicted molar refractivity (Wildman–Crippen MR) is 87.0 cm³/mol. The van der Waals surface area contributed by atoms with Crippen LogP contribution in [0.4, 0.5) is 5.69 Å². The van der Waals surface area contributed by atoms with Gasteiger partial charge in [-0.15, -0.1) is 0 Å². The predicted octanol–water partition coefficient (Wildman–Crippen LogP) is 4.11. The normalized spacial score (nSPS) is 22.1. The van der Waals surface area contributed by atoms with Crippen molar-refractivity contribution in [2.45, 2.75) is 52.1 Å². The Balaban J connectivity index is 2.53. The Labute approximate surface area is 125 Å². The van der Waals surface area contributed by atoms with Crippen LogP contribution in [0.15, 0.2) is 22.7 Å². The lowest BCUT2D eigenvalue weighted by Gasteiger charge is -2.49. The average molecular weight is 325 g/mol. The Morgan fingerprint density at radius 3 is 2.47 bits per heavy atom. The van der Waals surface area contributed by atoms with E-state index >= 15 is 0 Å². The average Bonchev–Trinajstić information content (AvgIpc) is 2.37. The lowest BCUT2D eigenvalue weighted by atomic mass is 9.90. The number of halogens is 1. The van der Waals surface area contributed by atoms with Gasteiger partial charge in [0.15, 0.2) is 0 Å². The van der Waals surface area contributed by atoms with E-state index in [1.807, 2.05) is 0 Å². The van der Waals surface area contributed by atoms with E-state index in [1.54, 1.807) is 0 Å². The number of benzene rings is 1. The third kappa shape index (κ3) is 2.97. The van der Waals surface area contributed by atoms with Crippen molar-refractivity contribution in [3.8, 4) is 0 Å². The van der Waals surface area contributed by atoms with Gasteiger partial charge in [-0.2, -0.15) is 0 Å². The molecular weight excluding hydrogens is 300 g/mol. The molecule has 1 N–H and O–H groups in total. The zero-order valence-corrected chi connectivity index (χ0v) is 14.3. The maximum Gasteiger partial charge on any atom is 0.0475 e. The first-order valence-corrected chi connectivity index (χ1v) is 7.81. The summed E-state index contributed by atoms with van der Waals surface area (Å²) in [5.41, 5.74) is 2.95. The third-order valence-electron chi connectivity index (χ3n) is 4.08. The van der Waals surface area contributed by atoms with Gasteiger partial charge in [-0.3, -0.25) is 0 Å². The quantitative estimate of drug-likeness (QED) is 0.836. The van der Waals surface area contributed by atoms with Crippen molar-refractivity contribution >= 4 is 21.6 Å². The Bertz CT molecular complexity index is 448. The largest absolute Gasteiger partial charge is 0.360 e. The van der Waals surface area contributed by atoms with Crippen LogP contribution in [0.1, 0.15) is 39.7 Å². The summed E-state index contributed by atoms with van der Waals surface area (Å²) in [6.07, 6.45) is 1.16. The number of rotatable bonds is 1. The van der Waals surface area contributed by atoms with Gasteiger partial charge in [-0.05, 0) is 71.3 Å². The van der Waals surface area contributed by atoms with Crippen LogP contribution in [0.2, 0.25) is 0 Å². The summed E-state index contributed by atoms with van der Waals surface area (Å²) >= 11 is 3.56. The summed E-state index contributed by atoms with van der Waals surface area (Å²) < 4.78 is 1.15. The van der Waals surface area contributed by atoms with Gasteiger partial charge in [0.05, 0.1) is 0 Å². The van der Waals surface area contributed by atoms with E-state index in [9.17, 15) is 0 Å². The summed E-state index contributed by atoms with van der Waals surface area (Å²) in [6, 6.07) is 6.60. The minimum atomic E-state index is 0.110. The Kier molecular flexibility index (Phi) is 3.99. The molecule has 0 spiro atoms. The fourth-order valence-corrected chi connectivity index (χ4v) is 3.80. The smallest absolute Gasteiger partial charge is 0.0475 e. The SMILES string of the molecule is Cc1cc(Br)ccc1N1C(C)(C)CCNCC1(C)C. The molecule has 2 rings (SSSR count). The number of hydrogen-bond acceptors (Lipinski definition) is 2. The van der Waals surface area contributed by atoms with Crippen LogP contribution in [0.5, 0.6) is 0 Å². The molecule has 0 unspecified atom stereocenters. The van der Waals surface area contributed by atoms with Crippen molar-refractivity contribution in [3.05, 3.63) is 28.2 Å². The monoisotopic (exact) mass is 324 g/mol. The van der Waals surface area contributed by atoms with Crippen LogP contribution >= 0.6 is 15.9 Å². The van der Waals surface area contributed by atoms with Gasteiger partial charge in [-0.1, -0.05) is 15.9 Å². The van der Waals surface area contributed by atoms with Gasteiger partial charge < -0.3 is 10.2 Å². The maximum atomic E-state index is 3.57. The maximum absolute atomic E-state index is 3.57. The topological polar surface area (TPSA) is 15.3 Å². The van der Waals surface area contributed by atoms with Gasteiger partial charge >= 0.3 is 0 Å². The third-order valence-corrected chi connectivity index (χ3v) is 4.57. The summed E-state index contributed by atoms with van der Waals surface area (Å²) in [5, 5.41) is 3.57. The van der Waals surface area contributed by atoms with E-state index in [0.717, 1.165) is 24.0 Å². The molecule has 1 aromatic rings. The second-order valence-electron chi connectivity index (χ2n) is 6.82. The lowest BCUT2D eigenvalue weighted by Crippen LogP contribution is -2.57. The molecule has 0 saturated carbocycles. The van der Waals surface area contributed by atoms with Gasteiger partial charge in [0.2, 0.25) is 0 Å². The number of anilines is 1. The molecule has 3 heteroatoms. The number of nitrogens with one attached hydrogen (secondary N) is 1. The summed E-state index contributed by atoms with van der Waals surface area (Å²) in [7, 11) is 0. The minimum absolute atomic E-state index is 0.110. The van der Waals surface area contributed by atoms with Crippen molar-refractivity contribution < 1.29 is 0 Å². The standard InChI is InChI=1S/C16H25BrN2/c1-12-10-13(17)6-7-14(12)19-15(2,3)8-9-18-11-16(19,4)5/h6-7,10,18H,8-9,11H2,1-5H3. The van der Waals surface area contributed by atoms with Crippen molar-refractivity contribution in [2.75, 3.05) is 18.0 Å². The fraction of sp³-hybridized carbons (Fsp3) is 0.625. The molecule has 1 aromatic carbocycles. The molecule has 0 radical (unpaired) electrons. The van der Waals surface area contributed by atoms with E-state index in [1.165, 1.54) is 11.3 Å². The molecule has 0 aliphatic carbocycles. The first-order valence-electron chi connectivity index (χ1n) is 7.01. The molecule has 0 aromatic heterocycles. The zero-order chi connectivity index (χ0) is 14.3. The molecule has 1 heterocycles. The van der Waals surface area contributed by atoms with Crippen LogP contribution in [0, 0.1) is 6.92 Å². The second kappa shape index (κ2) is 5.10. The van der Waals surface area contributed by atoms with Gasteiger partial charge in [0.25, 0.3) is 0 Å². The molecule has 1 aliphatic heterocycles. The molecular formula is C16H25BrN2. The highest BCUT2D eigenvalue weighted by Crippen LogP contribution is 2.37. The molecule has 106 valence electrons. The van der Waals surface area contributed by atoms with Gasteiger partial charge in [0, 0.05) is 27.8 Å². The van der Waals surface area contributed by atoms with Crippen molar-refractivity contribution in [1.29, 1.82) is 0 Å². The van der Waals surface area contributed by atoms with Crippen LogP contribution in [-0.2, 0) is 0 Å². The Morgan fingerprint density at radius 1 is 1.16 bits per heavy atom. The molecule has 2 nitrogen and oxygen atoms in total. The van der Waals surface area contributed by atoms with E-state index in [2.05, 4.69) is 79.0 Å². The lowest BCUT2D eigenvalue weighted by molar-refractivity contribution is 0.357.